The predicted octanol–water partition coefficient (Wildman–Crippen LogP) is -0.306. The Balaban J connectivity index is 2.34. The molecule has 0 spiro atoms. The zero-order valence-corrected chi connectivity index (χ0v) is 11.9. The second-order valence-electron chi connectivity index (χ2n) is 4.84. The van der Waals surface area contributed by atoms with Gasteiger partial charge in [-0.1, -0.05) is 13.8 Å². The third-order valence-electron chi connectivity index (χ3n) is 2.78. The van der Waals surface area contributed by atoms with E-state index in [4.69, 9.17) is 15.3 Å². The lowest BCUT2D eigenvalue weighted by atomic mass is 10.1. The lowest BCUT2D eigenvalue weighted by Gasteiger charge is -2.14. The smallest absolute Gasteiger partial charge is 0.371 e. The molecule has 0 aliphatic rings. The molecule has 116 valence electrons. The topological polar surface area (TPSA) is 135 Å². The molecule has 0 aliphatic heterocycles. The van der Waals surface area contributed by atoms with E-state index in [1.165, 1.54) is 12.1 Å². The number of aromatic carboxylic acids is 1. The van der Waals surface area contributed by atoms with Crippen LogP contribution < -0.4 is 16.4 Å². The molecule has 1 aromatic heterocycles. The van der Waals surface area contributed by atoms with Crippen molar-refractivity contribution in [3.63, 3.8) is 0 Å². The van der Waals surface area contributed by atoms with Crippen LogP contribution in [0.25, 0.3) is 0 Å². The number of nitrogens with one attached hydrogen (secondary N) is 2. The summed E-state index contributed by atoms with van der Waals surface area (Å²) in [5.74, 6) is -1.91. The molecule has 1 heterocycles. The van der Waals surface area contributed by atoms with Gasteiger partial charge in [-0.15, -0.1) is 0 Å². The largest absolute Gasteiger partial charge is 0.475 e. The highest BCUT2D eigenvalue weighted by Gasteiger charge is 2.17. The van der Waals surface area contributed by atoms with E-state index in [1.807, 2.05) is 0 Å². The molecule has 0 fully saturated rings. The molecule has 0 unspecified atom stereocenters. The summed E-state index contributed by atoms with van der Waals surface area (Å²) in [5.41, 5.74) is 5.63. The fourth-order valence-corrected chi connectivity index (χ4v) is 1.42. The summed E-state index contributed by atoms with van der Waals surface area (Å²) in [4.78, 5) is 33.7. The minimum absolute atomic E-state index is 0.0226. The zero-order valence-electron chi connectivity index (χ0n) is 11.9. The Hall–Kier alpha value is -2.35. The highest BCUT2D eigenvalue weighted by molar-refractivity contribution is 5.87. The molecule has 2 amide bonds. The van der Waals surface area contributed by atoms with Crippen LogP contribution in [0.15, 0.2) is 16.5 Å². The lowest BCUT2D eigenvalue weighted by Crippen LogP contribution is -2.47. The Kier molecular flexibility index (Phi) is 5.92. The maximum atomic E-state index is 11.5. The first-order valence-corrected chi connectivity index (χ1v) is 6.43. The highest BCUT2D eigenvalue weighted by atomic mass is 16.4. The van der Waals surface area contributed by atoms with Gasteiger partial charge in [0, 0.05) is 0 Å². The maximum absolute atomic E-state index is 11.5. The number of hydrogen-bond acceptors (Lipinski definition) is 5. The Morgan fingerprint density at radius 1 is 1.29 bits per heavy atom. The molecule has 5 N–H and O–H groups in total. The maximum Gasteiger partial charge on any atom is 0.371 e. The molecule has 1 aromatic rings. The number of rotatable bonds is 7. The molecule has 0 bridgehead atoms. The number of carboxylic acid groups (broad SMARTS) is 1. The van der Waals surface area contributed by atoms with Crippen LogP contribution in [0.5, 0.6) is 0 Å². The van der Waals surface area contributed by atoms with Crippen LogP contribution in [0.1, 0.15) is 30.2 Å². The number of furan rings is 1. The number of hydrogen-bond donors (Lipinski definition) is 4. The van der Waals surface area contributed by atoms with Gasteiger partial charge in [-0.3, -0.25) is 9.59 Å². The number of carboxylic acids is 1. The van der Waals surface area contributed by atoms with Crippen molar-refractivity contribution in [3.05, 3.63) is 23.7 Å². The van der Waals surface area contributed by atoms with E-state index in [1.54, 1.807) is 13.8 Å². The van der Waals surface area contributed by atoms with Crippen LogP contribution in [0.3, 0.4) is 0 Å². The Labute approximate surface area is 121 Å². The first-order valence-electron chi connectivity index (χ1n) is 6.43. The minimum atomic E-state index is -1.18. The highest BCUT2D eigenvalue weighted by Crippen LogP contribution is 2.07. The quantitative estimate of drug-likeness (QED) is 0.545. The fraction of sp³-hybridized carbons (Fsp3) is 0.462. The average molecular weight is 297 g/mol. The molecule has 8 nitrogen and oxygen atoms in total. The van der Waals surface area contributed by atoms with E-state index >= 15 is 0 Å². The third-order valence-corrected chi connectivity index (χ3v) is 2.78. The van der Waals surface area contributed by atoms with Gasteiger partial charge in [0.15, 0.2) is 0 Å². The molecule has 0 aliphatic carbocycles. The summed E-state index contributed by atoms with van der Waals surface area (Å²) in [7, 11) is 0. The number of carbonyl (C=O) groups is 3. The molecule has 1 rings (SSSR count). The van der Waals surface area contributed by atoms with Gasteiger partial charge in [-0.05, 0) is 18.1 Å². The first kappa shape index (κ1) is 16.7. The van der Waals surface area contributed by atoms with Gasteiger partial charge < -0.3 is 25.9 Å². The molecule has 0 saturated carbocycles. The first-order chi connectivity index (χ1) is 9.81. The average Bonchev–Trinajstić information content (AvgIpc) is 2.90. The SMILES string of the molecule is CC(C)[C@H](N)C(=O)NCC(=O)NCc1ccc(C(=O)O)o1. The molecule has 8 heteroatoms. The fourth-order valence-electron chi connectivity index (χ4n) is 1.42. The van der Waals surface area contributed by atoms with Crippen molar-refractivity contribution < 1.29 is 23.9 Å². The van der Waals surface area contributed by atoms with Gasteiger partial charge in [0.25, 0.3) is 0 Å². The number of carbonyl (C=O) groups excluding carboxylic acids is 2. The molecule has 0 saturated heterocycles. The van der Waals surface area contributed by atoms with E-state index in [2.05, 4.69) is 10.6 Å². The monoisotopic (exact) mass is 297 g/mol. The van der Waals surface area contributed by atoms with Gasteiger partial charge in [0.1, 0.15) is 5.76 Å². The van der Waals surface area contributed by atoms with Crippen molar-refractivity contribution in [3.8, 4) is 0 Å². The van der Waals surface area contributed by atoms with E-state index in [0.717, 1.165) is 0 Å². The molecular formula is C13H19N3O5. The lowest BCUT2D eigenvalue weighted by molar-refractivity contribution is -0.127. The van der Waals surface area contributed by atoms with Gasteiger partial charge in [-0.2, -0.15) is 0 Å². The van der Waals surface area contributed by atoms with Crippen molar-refractivity contribution >= 4 is 17.8 Å². The van der Waals surface area contributed by atoms with Gasteiger partial charge in [-0.25, -0.2) is 4.79 Å². The Morgan fingerprint density at radius 2 is 1.95 bits per heavy atom. The number of amides is 2. The number of nitrogens with two attached hydrogens (primary N) is 1. The van der Waals surface area contributed by atoms with E-state index in [0.29, 0.717) is 5.76 Å². The minimum Gasteiger partial charge on any atom is -0.475 e. The summed E-state index contributed by atoms with van der Waals surface area (Å²) in [6.07, 6.45) is 0. The summed E-state index contributed by atoms with van der Waals surface area (Å²) in [6, 6.07) is 2.09. The van der Waals surface area contributed by atoms with Crippen molar-refractivity contribution in [2.75, 3.05) is 6.54 Å². The van der Waals surface area contributed by atoms with Crippen molar-refractivity contribution in [1.82, 2.24) is 10.6 Å². The van der Waals surface area contributed by atoms with Crippen LogP contribution in [-0.4, -0.2) is 35.5 Å². The molecule has 1 atom stereocenters. The second-order valence-corrected chi connectivity index (χ2v) is 4.84. The standard InChI is InChI=1S/C13H19N3O5/c1-7(2)11(14)12(18)16-6-10(17)15-5-8-3-4-9(21-8)13(19)20/h3-4,7,11H,5-6,14H2,1-2H3,(H,15,17)(H,16,18)(H,19,20)/t11-/m0/s1. The van der Waals surface area contributed by atoms with E-state index < -0.39 is 23.8 Å². The second kappa shape index (κ2) is 7.44. The van der Waals surface area contributed by atoms with Crippen LogP contribution in [-0.2, 0) is 16.1 Å². The Morgan fingerprint density at radius 3 is 2.48 bits per heavy atom. The molecular weight excluding hydrogens is 278 g/mol. The molecule has 21 heavy (non-hydrogen) atoms. The summed E-state index contributed by atoms with van der Waals surface area (Å²) >= 11 is 0. The van der Waals surface area contributed by atoms with Gasteiger partial charge in [0.2, 0.25) is 17.6 Å². The van der Waals surface area contributed by atoms with Gasteiger partial charge >= 0.3 is 5.97 Å². The van der Waals surface area contributed by atoms with Gasteiger partial charge in [0.05, 0.1) is 19.1 Å². The normalized spacial score (nSPS) is 12.0. The summed E-state index contributed by atoms with van der Waals surface area (Å²) < 4.78 is 4.97. The van der Waals surface area contributed by atoms with Crippen LogP contribution in [0.2, 0.25) is 0 Å². The van der Waals surface area contributed by atoms with Crippen molar-refractivity contribution in [2.45, 2.75) is 26.4 Å². The van der Waals surface area contributed by atoms with Crippen molar-refractivity contribution in [1.29, 1.82) is 0 Å². The summed E-state index contributed by atoms with van der Waals surface area (Å²) in [6.45, 7) is 3.45. The van der Waals surface area contributed by atoms with Crippen LogP contribution in [0, 0.1) is 5.92 Å². The van der Waals surface area contributed by atoms with Crippen molar-refractivity contribution in [2.24, 2.45) is 11.7 Å². The third kappa shape index (κ3) is 5.27. The predicted molar refractivity (Wildman–Crippen MR) is 73.3 cm³/mol. The molecule has 0 radical (unpaired) electrons. The Bertz CT molecular complexity index is 524. The van der Waals surface area contributed by atoms with Crippen LogP contribution >= 0.6 is 0 Å². The van der Waals surface area contributed by atoms with E-state index in [-0.39, 0.29) is 24.8 Å². The summed E-state index contributed by atoms with van der Waals surface area (Å²) in [5, 5.41) is 13.6. The zero-order chi connectivity index (χ0) is 16.0. The molecule has 0 aromatic carbocycles. The van der Waals surface area contributed by atoms with E-state index in [9.17, 15) is 14.4 Å². The van der Waals surface area contributed by atoms with Crippen LogP contribution in [0.4, 0.5) is 0 Å².